The number of hydrogen-bond acceptors (Lipinski definition) is 4. The summed E-state index contributed by atoms with van der Waals surface area (Å²) in [6.07, 6.45) is 1.44. The van der Waals surface area contributed by atoms with E-state index < -0.39 is 23.0 Å². The van der Waals surface area contributed by atoms with Gasteiger partial charge in [0.1, 0.15) is 11.4 Å². The quantitative estimate of drug-likeness (QED) is 0.767. The molecule has 0 aliphatic carbocycles. The number of carbonyl (C=O) groups is 2. The number of carboxylic acid groups (broad SMARTS) is 1. The molecular weight excluding hydrogens is 334 g/mol. The molecule has 6 heteroatoms. The van der Waals surface area contributed by atoms with Gasteiger partial charge in [-0.15, -0.1) is 0 Å². The normalized spacial score (nSPS) is 13.7. The van der Waals surface area contributed by atoms with Gasteiger partial charge in [0.2, 0.25) is 0 Å². The number of esters is 1. The summed E-state index contributed by atoms with van der Waals surface area (Å²) in [5.41, 5.74) is 0.0229. The molecule has 0 radical (unpaired) electrons. The fourth-order valence-electron chi connectivity index (χ4n) is 2.93. The molecule has 2 aromatic rings. The second-order valence-electron chi connectivity index (χ2n) is 7.40. The maximum atomic E-state index is 12.6. The van der Waals surface area contributed by atoms with Crippen molar-refractivity contribution < 1.29 is 24.2 Å². The van der Waals surface area contributed by atoms with Gasteiger partial charge < -0.3 is 19.6 Å². The molecule has 1 heterocycles. The van der Waals surface area contributed by atoms with Crippen molar-refractivity contribution in [1.82, 2.24) is 4.98 Å². The van der Waals surface area contributed by atoms with Crippen LogP contribution < -0.4 is 4.74 Å². The Bertz CT molecular complexity index is 785. The molecule has 0 fully saturated rings. The molecule has 0 aliphatic heterocycles. The highest BCUT2D eigenvalue weighted by atomic mass is 16.6. The average Bonchev–Trinajstić information content (AvgIpc) is 3.03. The maximum absolute atomic E-state index is 12.6. The van der Waals surface area contributed by atoms with Crippen molar-refractivity contribution in [2.75, 3.05) is 7.11 Å². The standard InChI is InChI=1S/C20H25NO5/c1-19(2,3)26-18(24)15-10-11-21-17(15)20(4,12-16(22)23)13-6-8-14(25-5)9-7-13/h6-11,21H,12H2,1-5H3,(H,22,23). The Balaban J connectivity index is 2.52. The zero-order chi connectivity index (χ0) is 19.5. The van der Waals surface area contributed by atoms with Crippen LogP contribution in [0.15, 0.2) is 36.5 Å². The summed E-state index contributed by atoms with van der Waals surface area (Å²) in [6, 6.07) is 8.77. The average molecular weight is 359 g/mol. The van der Waals surface area contributed by atoms with Gasteiger partial charge in [0, 0.05) is 17.3 Å². The number of aliphatic carboxylic acids is 1. The van der Waals surface area contributed by atoms with Crippen LogP contribution in [-0.2, 0) is 14.9 Å². The van der Waals surface area contributed by atoms with Crippen molar-refractivity contribution in [2.45, 2.75) is 45.1 Å². The number of aromatic amines is 1. The first kappa shape index (κ1) is 19.6. The second-order valence-corrected chi connectivity index (χ2v) is 7.40. The predicted octanol–water partition coefficient (Wildman–Crippen LogP) is 3.76. The summed E-state index contributed by atoms with van der Waals surface area (Å²) in [6.45, 7) is 7.16. The summed E-state index contributed by atoms with van der Waals surface area (Å²) >= 11 is 0. The van der Waals surface area contributed by atoms with E-state index in [0.717, 1.165) is 5.56 Å². The Morgan fingerprint density at radius 1 is 1.08 bits per heavy atom. The van der Waals surface area contributed by atoms with E-state index in [1.165, 1.54) is 0 Å². The van der Waals surface area contributed by atoms with E-state index in [9.17, 15) is 14.7 Å². The van der Waals surface area contributed by atoms with E-state index in [4.69, 9.17) is 9.47 Å². The molecule has 0 saturated heterocycles. The molecule has 1 atom stereocenters. The summed E-state index contributed by atoms with van der Waals surface area (Å²) in [4.78, 5) is 27.2. The number of carboxylic acids is 1. The van der Waals surface area contributed by atoms with Crippen molar-refractivity contribution in [3.05, 3.63) is 53.3 Å². The third-order valence-electron chi connectivity index (χ3n) is 4.15. The number of nitrogens with one attached hydrogen (secondary N) is 1. The number of rotatable bonds is 6. The van der Waals surface area contributed by atoms with Crippen molar-refractivity contribution in [3.8, 4) is 5.75 Å². The van der Waals surface area contributed by atoms with Crippen molar-refractivity contribution in [1.29, 1.82) is 0 Å². The Kier molecular flexibility index (Phi) is 5.44. The van der Waals surface area contributed by atoms with Crippen LogP contribution >= 0.6 is 0 Å². The lowest BCUT2D eigenvalue weighted by atomic mass is 9.75. The summed E-state index contributed by atoms with van der Waals surface area (Å²) < 4.78 is 10.6. The molecule has 26 heavy (non-hydrogen) atoms. The zero-order valence-electron chi connectivity index (χ0n) is 15.8. The highest BCUT2D eigenvalue weighted by Gasteiger charge is 2.37. The molecule has 0 amide bonds. The van der Waals surface area contributed by atoms with Gasteiger partial charge in [-0.1, -0.05) is 12.1 Å². The number of ether oxygens (including phenoxy) is 2. The Hall–Kier alpha value is -2.76. The van der Waals surface area contributed by atoms with Gasteiger partial charge in [-0.05, 0) is 51.5 Å². The minimum atomic E-state index is -0.965. The SMILES string of the molecule is COc1ccc(C(C)(CC(=O)O)c2[nH]ccc2C(=O)OC(C)(C)C)cc1. The molecule has 0 saturated carbocycles. The minimum Gasteiger partial charge on any atom is -0.497 e. The van der Waals surface area contributed by atoms with Crippen LogP contribution in [0, 0.1) is 0 Å². The largest absolute Gasteiger partial charge is 0.497 e. The third kappa shape index (κ3) is 4.25. The lowest BCUT2D eigenvalue weighted by Crippen LogP contribution is -2.31. The Labute approximate surface area is 153 Å². The van der Waals surface area contributed by atoms with Crippen LogP contribution in [-0.4, -0.2) is 34.7 Å². The van der Waals surface area contributed by atoms with Crippen molar-refractivity contribution in [2.24, 2.45) is 0 Å². The van der Waals surface area contributed by atoms with E-state index in [-0.39, 0.29) is 6.42 Å². The fourth-order valence-corrected chi connectivity index (χ4v) is 2.93. The zero-order valence-corrected chi connectivity index (χ0v) is 15.8. The number of aromatic nitrogens is 1. The number of benzene rings is 1. The van der Waals surface area contributed by atoms with Gasteiger partial charge in [-0.3, -0.25) is 4.79 Å². The van der Waals surface area contributed by atoms with Crippen LogP contribution in [0.25, 0.3) is 0 Å². The lowest BCUT2D eigenvalue weighted by Gasteiger charge is -2.29. The van der Waals surface area contributed by atoms with Gasteiger partial charge in [0.05, 0.1) is 19.1 Å². The van der Waals surface area contributed by atoms with E-state index in [0.29, 0.717) is 17.0 Å². The van der Waals surface area contributed by atoms with Crippen LogP contribution in [0.4, 0.5) is 0 Å². The van der Waals surface area contributed by atoms with E-state index in [2.05, 4.69) is 4.98 Å². The van der Waals surface area contributed by atoms with Gasteiger partial charge in [0.15, 0.2) is 0 Å². The predicted molar refractivity (Wildman–Crippen MR) is 97.7 cm³/mol. The third-order valence-corrected chi connectivity index (χ3v) is 4.15. The molecule has 1 aromatic carbocycles. The second kappa shape index (κ2) is 7.23. The molecule has 2 rings (SSSR count). The molecule has 0 aliphatic rings. The molecule has 1 unspecified atom stereocenters. The number of carbonyl (C=O) groups excluding carboxylic acids is 1. The van der Waals surface area contributed by atoms with Gasteiger partial charge in [-0.2, -0.15) is 0 Å². The fraction of sp³-hybridized carbons (Fsp3) is 0.400. The highest BCUT2D eigenvalue weighted by molar-refractivity contribution is 5.92. The first-order chi connectivity index (χ1) is 12.1. The molecule has 2 N–H and O–H groups in total. The minimum absolute atomic E-state index is 0.185. The first-order valence-corrected chi connectivity index (χ1v) is 8.34. The van der Waals surface area contributed by atoms with Crippen molar-refractivity contribution in [3.63, 3.8) is 0 Å². The molecule has 6 nitrogen and oxygen atoms in total. The molecule has 0 bridgehead atoms. The van der Waals surface area contributed by atoms with Crippen LogP contribution in [0.2, 0.25) is 0 Å². The topological polar surface area (TPSA) is 88.6 Å². The van der Waals surface area contributed by atoms with Crippen LogP contribution in [0.1, 0.15) is 55.7 Å². The van der Waals surface area contributed by atoms with E-state index >= 15 is 0 Å². The molecule has 1 aromatic heterocycles. The number of hydrogen-bond donors (Lipinski definition) is 2. The van der Waals surface area contributed by atoms with Crippen LogP contribution in [0.5, 0.6) is 5.75 Å². The van der Waals surface area contributed by atoms with E-state index in [1.54, 1.807) is 59.2 Å². The Morgan fingerprint density at radius 3 is 2.19 bits per heavy atom. The first-order valence-electron chi connectivity index (χ1n) is 8.34. The Morgan fingerprint density at radius 2 is 1.69 bits per heavy atom. The summed E-state index contributed by atoms with van der Waals surface area (Å²) in [7, 11) is 1.57. The van der Waals surface area contributed by atoms with Crippen molar-refractivity contribution >= 4 is 11.9 Å². The summed E-state index contributed by atoms with van der Waals surface area (Å²) in [5.74, 6) is -0.780. The summed E-state index contributed by atoms with van der Waals surface area (Å²) in [5, 5.41) is 9.47. The molecular formula is C20H25NO5. The number of H-pyrrole nitrogens is 1. The van der Waals surface area contributed by atoms with Gasteiger partial charge in [-0.25, -0.2) is 4.79 Å². The smallest absolute Gasteiger partial charge is 0.340 e. The lowest BCUT2D eigenvalue weighted by molar-refractivity contribution is -0.138. The van der Waals surface area contributed by atoms with Crippen LogP contribution in [0.3, 0.4) is 0 Å². The molecule has 140 valence electrons. The monoisotopic (exact) mass is 359 g/mol. The molecule has 0 spiro atoms. The highest BCUT2D eigenvalue weighted by Crippen LogP contribution is 2.37. The van der Waals surface area contributed by atoms with Gasteiger partial charge >= 0.3 is 11.9 Å². The maximum Gasteiger partial charge on any atom is 0.340 e. The number of methoxy groups -OCH3 is 1. The van der Waals surface area contributed by atoms with E-state index in [1.807, 2.05) is 12.1 Å². The van der Waals surface area contributed by atoms with Gasteiger partial charge in [0.25, 0.3) is 0 Å².